The molecule has 1 atom stereocenters. The monoisotopic (exact) mass is 277 g/mol. The summed E-state index contributed by atoms with van der Waals surface area (Å²) in [4.78, 5) is 4.41. The predicted octanol–water partition coefficient (Wildman–Crippen LogP) is 4.27. The molecule has 2 nitrogen and oxygen atoms in total. The smallest absolute Gasteiger partial charge is 0.122 e. The molecule has 0 aliphatic rings. The van der Waals surface area contributed by atoms with E-state index >= 15 is 0 Å². The summed E-state index contributed by atoms with van der Waals surface area (Å²) in [6, 6.07) is 18.2. The fourth-order valence-electron chi connectivity index (χ4n) is 2.73. The van der Waals surface area contributed by atoms with E-state index in [4.69, 9.17) is 0 Å². The third-order valence-corrected chi connectivity index (χ3v) is 3.77. The second kappa shape index (κ2) is 6.06. The van der Waals surface area contributed by atoms with E-state index in [1.807, 2.05) is 42.5 Å². The van der Waals surface area contributed by atoms with Gasteiger partial charge in [-0.3, -0.25) is 4.98 Å². The first-order valence-electron chi connectivity index (χ1n) is 7.40. The van der Waals surface area contributed by atoms with E-state index in [0.29, 0.717) is 0 Å². The Bertz CT molecular complexity index is 746. The molecule has 2 heteroatoms. The molecular weight excluding hydrogens is 258 g/mol. The van der Waals surface area contributed by atoms with Crippen molar-refractivity contribution in [1.82, 2.24) is 4.98 Å². The Morgan fingerprint density at radius 3 is 2.76 bits per heavy atom. The molecule has 0 saturated carbocycles. The highest BCUT2D eigenvalue weighted by Gasteiger charge is 2.15. The largest absolute Gasteiger partial charge is 0.382 e. The van der Waals surface area contributed by atoms with Gasteiger partial charge in [-0.2, -0.15) is 0 Å². The third kappa shape index (κ3) is 2.81. The second-order valence-electron chi connectivity index (χ2n) is 5.31. The van der Waals surface area contributed by atoms with Crippen LogP contribution in [0, 0.1) is 0 Å². The van der Waals surface area contributed by atoms with Crippen molar-refractivity contribution in [2.75, 3.05) is 0 Å². The Hall–Kier alpha value is -2.19. The van der Waals surface area contributed by atoms with Gasteiger partial charge in [-0.15, -0.1) is 0 Å². The van der Waals surface area contributed by atoms with Crippen LogP contribution in [0.4, 0.5) is 0 Å². The molecule has 21 heavy (non-hydrogen) atoms. The fourth-order valence-corrected chi connectivity index (χ4v) is 2.73. The zero-order valence-corrected chi connectivity index (χ0v) is 12.2. The average Bonchev–Trinajstić information content (AvgIpc) is 2.54. The topological polar surface area (TPSA) is 33.1 Å². The van der Waals surface area contributed by atoms with Gasteiger partial charge in [0.15, 0.2) is 0 Å². The minimum Gasteiger partial charge on any atom is -0.382 e. The molecular formula is C19H19NO. The van der Waals surface area contributed by atoms with E-state index in [9.17, 15) is 5.11 Å². The molecule has 3 aromatic rings. The SMILES string of the molecule is CCCc1cccc(C(O)c2nccc3ccccc23)c1. The molecule has 1 aromatic heterocycles. The number of aliphatic hydroxyl groups excluding tert-OH is 1. The van der Waals surface area contributed by atoms with Crippen molar-refractivity contribution in [3.8, 4) is 0 Å². The van der Waals surface area contributed by atoms with E-state index in [1.54, 1.807) is 6.20 Å². The van der Waals surface area contributed by atoms with Crippen molar-refractivity contribution >= 4 is 10.8 Å². The molecule has 1 unspecified atom stereocenters. The van der Waals surface area contributed by atoms with Crippen molar-refractivity contribution in [1.29, 1.82) is 0 Å². The summed E-state index contributed by atoms with van der Waals surface area (Å²) in [5, 5.41) is 12.8. The molecule has 1 heterocycles. The fraction of sp³-hybridized carbons (Fsp3) is 0.211. The molecule has 2 aromatic carbocycles. The van der Waals surface area contributed by atoms with Crippen LogP contribution in [-0.2, 0) is 6.42 Å². The molecule has 0 amide bonds. The van der Waals surface area contributed by atoms with Gasteiger partial charge in [-0.1, -0.05) is 61.9 Å². The summed E-state index contributed by atoms with van der Waals surface area (Å²) in [7, 11) is 0. The highest BCUT2D eigenvalue weighted by Crippen LogP contribution is 2.27. The quantitative estimate of drug-likeness (QED) is 0.772. The number of aliphatic hydroxyl groups is 1. The maximum Gasteiger partial charge on any atom is 0.122 e. The number of hydrogen-bond acceptors (Lipinski definition) is 2. The number of nitrogens with zero attached hydrogens (tertiary/aromatic N) is 1. The van der Waals surface area contributed by atoms with Gasteiger partial charge >= 0.3 is 0 Å². The zero-order valence-electron chi connectivity index (χ0n) is 12.2. The summed E-state index contributed by atoms with van der Waals surface area (Å²) in [6.45, 7) is 2.16. The van der Waals surface area contributed by atoms with E-state index in [0.717, 1.165) is 34.9 Å². The van der Waals surface area contributed by atoms with Crippen LogP contribution in [0.5, 0.6) is 0 Å². The highest BCUT2D eigenvalue weighted by atomic mass is 16.3. The van der Waals surface area contributed by atoms with E-state index in [-0.39, 0.29) is 0 Å². The van der Waals surface area contributed by atoms with Crippen LogP contribution in [0.2, 0.25) is 0 Å². The van der Waals surface area contributed by atoms with Gasteiger partial charge in [0.25, 0.3) is 0 Å². The highest BCUT2D eigenvalue weighted by molar-refractivity contribution is 5.84. The van der Waals surface area contributed by atoms with Gasteiger partial charge in [0.1, 0.15) is 6.10 Å². The maximum atomic E-state index is 10.7. The van der Waals surface area contributed by atoms with E-state index in [2.05, 4.69) is 24.0 Å². The van der Waals surface area contributed by atoms with Crippen molar-refractivity contribution < 1.29 is 5.11 Å². The first-order chi connectivity index (χ1) is 10.3. The lowest BCUT2D eigenvalue weighted by atomic mass is 9.98. The molecule has 0 bridgehead atoms. The third-order valence-electron chi connectivity index (χ3n) is 3.77. The van der Waals surface area contributed by atoms with Crippen LogP contribution in [0.1, 0.15) is 36.3 Å². The zero-order chi connectivity index (χ0) is 14.7. The lowest BCUT2D eigenvalue weighted by molar-refractivity contribution is 0.217. The van der Waals surface area contributed by atoms with Crippen LogP contribution >= 0.6 is 0 Å². The van der Waals surface area contributed by atoms with Crippen molar-refractivity contribution in [3.05, 3.63) is 77.6 Å². The molecule has 0 aliphatic carbocycles. The van der Waals surface area contributed by atoms with Gasteiger partial charge in [-0.05, 0) is 29.0 Å². The minimum atomic E-state index is -0.687. The van der Waals surface area contributed by atoms with Crippen molar-refractivity contribution in [3.63, 3.8) is 0 Å². The Morgan fingerprint density at radius 2 is 1.90 bits per heavy atom. The Labute approximate surface area is 125 Å². The Balaban J connectivity index is 2.04. The number of rotatable bonds is 4. The summed E-state index contributed by atoms with van der Waals surface area (Å²) in [6.07, 6.45) is 3.21. The molecule has 0 spiro atoms. The van der Waals surface area contributed by atoms with Gasteiger partial charge in [-0.25, -0.2) is 0 Å². The molecule has 1 N–H and O–H groups in total. The average molecular weight is 277 g/mol. The summed E-state index contributed by atoms with van der Waals surface area (Å²) in [5.41, 5.74) is 2.89. The summed E-state index contributed by atoms with van der Waals surface area (Å²) in [5.74, 6) is 0. The summed E-state index contributed by atoms with van der Waals surface area (Å²) < 4.78 is 0. The van der Waals surface area contributed by atoms with Crippen LogP contribution in [0.25, 0.3) is 10.8 Å². The van der Waals surface area contributed by atoms with Gasteiger partial charge < -0.3 is 5.11 Å². The molecule has 0 fully saturated rings. The number of pyridine rings is 1. The number of fused-ring (bicyclic) bond motifs is 1. The lowest BCUT2D eigenvalue weighted by Gasteiger charge is -2.14. The standard InChI is InChI=1S/C19H19NO/c1-2-6-14-7-5-9-16(13-14)19(21)18-17-10-4-3-8-15(17)11-12-20-18/h3-5,7-13,19,21H,2,6H2,1H3. The number of benzene rings is 2. The minimum absolute atomic E-state index is 0.687. The maximum absolute atomic E-state index is 10.7. The molecule has 0 radical (unpaired) electrons. The molecule has 106 valence electrons. The van der Waals surface area contributed by atoms with Crippen molar-refractivity contribution in [2.24, 2.45) is 0 Å². The normalized spacial score (nSPS) is 12.5. The van der Waals surface area contributed by atoms with Crippen LogP contribution in [0.3, 0.4) is 0 Å². The first kappa shape index (κ1) is 13.8. The molecule has 3 rings (SSSR count). The van der Waals surface area contributed by atoms with E-state index < -0.39 is 6.10 Å². The van der Waals surface area contributed by atoms with Gasteiger partial charge in [0.05, 0.1) is 5.69 Å². The Kier molecular flexibility index (Phi) is 3.98. The van der Waals surface area contributed by atoms with E-state index in [1.165, 1.54) is 5.56 Å². The number of hydrogen-bond donors (Lipinski definition) is 1. The summed E-state index contributed by atoms with van der Waals surface area (Å²) >= 11 is 0. The molecule has 0 aliphatic heterocycles. The van der Waals surface area contributed by atoms with Gasteiger partial charge in [0, 0.05) is 11.6 Å². The van der Waals surface area contributed by atoms with Crippen LogP contribution in [0.15, 0.2) is 60.8 Å². The van der Waals surface area contributed by atoms with Crippen LogP contribution < -0.4 is 0 Å². The van der Waals surface area contributed by atoms with Crippen LogP contribution in [-0.4, -0.2) is 10.1 Å². The first-order valence-corrected chi connectivity index (χ1v) is 7.40. The lowest BCUT2D eigenvalue weighted by Crippen LogP contribution is -2.03. The number of aryl methyl sites for hydroxylation is 1. The van der Waals surface area contributed by atoms with Crippen molar-refractivity contribution in [2.45, 2.75) is 25.9 Å². The van der Waals surface area contributed by atoms with Gasteiger partial charge in [0.2, 0.25) is 0 Å². The second-order valence-corrected chi connectivity index (χ2v) is 5.31. The predicted molar refractivity (Wildman–Crippen MR) is 86.2 cm³/mol. The number of aromatic nitrogens is 1. The molecule has 0 saturated heterocycles. The Morgan fingerprint density at radius 1 is 1.05 bits per heavy atom.